The molecular formula is C23H30ClN3O3. The Balaban J connectivity index is 0.00000320. The van der Waals surface area contributed by atoms with Gasteiger partial charge >= 0.3 is 0 Å². The number of carbonyl (C=O) groups excluding carboxylic acids is 2. The van der Waals surface area contributed by atoms with Crippen molar-refractivity contribution < 1.29 is 14.3 Å². The zero-order valence-corrected chi connectivity index (χ0v) is 18.1. The fourth-order valence-electron chi connectivity index (χ4n) is 3.43. The van der Waals surface area contributed by atoms with Crippen LogP contribution in [0.25, 0.3) is 0 Å². The number of ether oxygens (including phenoxy) is 1. The first-order valence-corrected chi connectivity index (χ1v) is 10.2. The largest absolute Gasteiger partial charge is 0.490 e. The van der Waals surface area contributed by atoms with Gasteiger partial charge in [0.1, 0.15) is 11.9 Å². The van der Waals surface area contributed by atoms with Crippen LogP contribution in [0.2, 0.25) is 0 Å². The number of nitrogens with two attached hydrogens (primary N) is 1. The Hall–Kier alpha value is -2.57. The lowest BCUT2D eigenvalue weighted by Gasteiger charge is -2.33. The predicted octanol–water partition coefficient (Wildman–Crippen LogP) is 2.80. The second-order valence-corrected chi connectivity index (χ2v) is 7.45. The molecule has 2 amide bonds. The van der Waals surface area contributed by atoms with Crippen LogP contribution in [0.3, 0.4) is 0 Å². The van der Waals surface area contributed by atoms with E-state index in [-0.39, 0.29) is 30.3 Å². The minimum Gasteiger partial charge on any atom is -0.490 e. The third-order valence-corrected chi connectivity index (χ3v) is 5.10. The van der Waals surface area contributed by atoms with Crippen molar-refractivity contribution in [2.45, 2.75) is 38.3 Å². The van der Waals surface area contributed by atoms with Crippen LogP contribution < -0.4 is 15.8 Å². The summed E-state index contributed by atoms with van der Waals surface area (Å²) < 4.78 is 6.02. The number of likely N-dealkylation sites (tertiary alicyclic amines) is 1. The van der Waals surface area contributed by atoms with Gasteiger partial charge in [0.25, 0.3) is 5.91 Å². The number of amides is 2. The van der Waals surface area contributed by atoms with Gasteiger partial charge in [-0.05, 0) is 43.2 Å². The summed E-state index contributed by atoms with van der Waals surface area (Å²) >= 11 is 0. The molecule has 1 saturated heterocycles. The lowest BCUT2D eigenvalue weighted by atomic mass is 10.1. The highest BCUT2D eigenvalue weighted by Crippen LogP contribution is 2.20. The van der Waals surface area contributed by atoms with Gasteiger partial charge in [-0.3, -0.25) is 9.59 Å². The molecule has 0 aliphatic carbocycles. The van der Waals surface area contributed by atoms with Crippen molar-refractivity contribution in [1.82, 2.24) is 10.2 Å². The van der Waals surface area contributed by atoms with Crippen LogP contribution in [0.1, 0.15) is 35.7 Å². The summed E-state index contributed by atoms with van der Waals surface area (Å²) in [5.41, 5.74) is 7.48. The lowest BCUT2D eigenvalue weighted by Crippen LogP contribution is -2.47. The quantitative estimate of drug-likeness (QED) is 0.706. The number of rotatable bonds is 7. The van der Waals surface area contributed by atoms with Gasteiger partial charge in [-0.2, -0.15) is 0 Å². The Bertz CT molecular complexity index is 804. The van der Waals surface area contributed by atoms with Crippen molar-refractivity contribution >= 4 is 24.2 Å². The molecule has 162 valence electrons. The van der Waals surface area contributed by atoms with Crippen LogP contribution in [0.4, 0.5) is 0 Å². The van der Waals surface area contributed by atoms with E-state index < -0.39 is 6.04 Å². The molecule has 30 heavy (non-hydrogen) atoms. The van der Waals surface area contributed by atoms with Crippen molar-refractivity contribution in [1.29, 1.82) is 0 Å². The van der Waals surface area contributed by atoms with E-state index in [1.807, 2.05) is 30.3 Å². The SMILES string of the molecule is C[C@H](N)C(=O)N1CCC(Oc2ccc(C(=O)NCCc3ccccc3)cc2)CC1.Cl. The monoisotopic (exact) mass is 431 g/mol. The number of hydrogen-bond acceptors (Lipinski definition) is 4. The molecule has 1 aliphatic rings. The summed E-state index contributed by atoms with van der Waals surface area (Å²) in [6, 6.07) is 16.8. The van der Waals surface area contributed by atoms with Gasteiger partial charge in [0, 0.05) is 38.0 Å². The number of hydrogen-bond donors (Lipinski definition) is 2. The van der Waals surface area contributed by atoms with Crippen LogP contribution in [0.5, 0.6) is 5.75 Å². The van der Waals surface area contributed by atoms with E-state index in [9.17, 15) is 9.59 Å². The minimum atomic E-state index is -0.459. The first-order chi connectivity index (χ1) is 14.0. The predicted molar refractivity (Wildman–Crippen MR) is 120 cm³/mol. The molecule has 6 nitrogen and oxygen atoms in total. The third-order valence-electron chi connectivity index (χ3n) is 5.10. The number of benzene rings is 2. The van der Waals surface area contributed by atoms with Gasteiger partial charge in [0.05, 0.1) is 6.04 Å². The first kappa shape index (κ1) is 23.7. The van der Waals surface area contributed by atoms with Crippen molar-refractivity contribution in [3.05, 3.63) is 65.7 Å². The lowest BCUT2D eigenvalue weighted by molar-refractivity contribution is -0.133. The van der Waals surface area contributed by atoms with E-state index >= 15 is 0 Å². The van der Waals surface area contributed by atoms with Crippen LogP contribution >= 0.6 is 12.4 Å². The molecule has 7 heteroatoms. The Morgan fingerprint density at radius 1 is 1.10 bits per heavy atom. The van der Waals surface area contributed by atoms with Crippen molar-refractivity contribution in [3.8, 4) is 5.75 Å². The molecule has 2 aromatic carbocycles. The summed E-state index contributed by atoms with van der Waals surface area (Å²) in [7, 11) is 0. The highest BCUT2D eigenvalue weighted by atomic mass is 35.5. The third kappa shape index (κ3) is 6.75. The van der Waals surface area contributed by atoms with E-state index in [1.54, 1.807) is 24.0 Å². The maximum Gasteiger partial charge on any atom is 0.251 e. The summed E-state index contributed by atoms with van der Waals surface area (Å²) in [6.45, 7) is 3.63. The zero-order chi connectivity index (χ0) is 20.6. The molecule has 3 N–H and O–H groups in total. The van der Waals surface area contributed by atoms with Crippen LogP contribution in [-0.2, 0) is 11.2 Å². The normalized spacial score (nSPS) is 15.1. The van der Waals surface area contributed by atoms with E-state index in [0.29, 0.717) is 25.2 Å². The maximum absolute atomic E-state index is 12.3. The molecular weight excluding hydrogens is 402 g/mol. The average Bonchev–Trinajstić information content (AvgIpc) is 2.75. The van der Waals surface area contributed by atoms with Gasteiger partial charge < -0.3 is 20.7 Å². The molecule has 1 fully saturated rings. The minimum absolute atomic E-state index is 0. The number of piperidine rings is 1. The summed E-state index contributed by atoms with van der Waals surface area (Å²) in [6.07, 6.45) is 2.43. The standard InChI is InChI=1S/C23H29N3O3.ClH/c1-17(24)23(28)26-15-12-21(13-16-26)29-20-9-7-19(8-10-20)22(27)25-14-11-18-5-3-2-4-6-18;/h2-10,17,21H,11-16,24H2,1H3,(H,25,27);1H/t17-;/m0./s1. The molecule has 0 aromatic heterocycles. The Labute approximate surface area is 184 Å². The molecule has 3 rings (SSSR count). The Kier molecular flexibility index (Phi) is 9.15. The maximum atomic E-state index is 12.3. The molecule has 1 atom stereocenters. The molecule has 0 radical (unpaired) electrons. The first-order valence-electron chi connectivity index (χ1n) is 10.2. The summed E-state index contributed by atoms with van der Waals surface area (Å²) in [5.74, 6) is 0.643. The van der Waals surface area contributed by atoms with E-state index in [2.05, 4.69) is 17.4 Å². The van der Waals surface area contributed by atoms with Gasteiger partial charge in [0.2, 0.25) is 5.91 Å². The smallest absolute Gasteiger partial charge is 0.251 e. The number of nitrogens with zero attached hydrogens (tertiary/aromatic N) is 1. The van der Waals surface area contributed by atoms with Crippen molar-refractivity contribution in [3.63, 3.8) is 0 Å². The zero-order valence-electron chi connectivity index (χ0n) is 17.3. The highest BCUT2D eigenvalue weighted by molar-refractivity contribution is 5.94. The molecule has 0 spiro atoms. The van der Waals surface area contributed by atoms with Crippen LogP contribution in [-0.4, -0.2) is 48.5 Å². The van der Waals surface area contributed by atoms with Gasteiger partial charge in [-0.1, -0.05) is 30.3 Å². The van der Waals surface area contributed by atoms with Crippen molar-refractivity contribution in [2.75, 3.05) is 19.6 Å². The fraction of sp³-hybridized carbons (Fsp3) is 0.391. The summed E-state index contributed by atoms with van der Waals surface area (Å²) in [4.78, 5) is 26.0. The van der Waals surface area contributed by atoms with E-state index in [1.165, 1.54) is 5.56 Å². The number of carbonyl (C=O) groups is 2. The van der Waals surface area contributed by atoms with Gasteiger partial charge in [0.15, 0.2) is 0 Å². The summed E-state index contributed by atoms with van der Waals surface area (Å²) in [5, 5.41) is 2.95. The van der Waals surface area contributed by atoms with Crippen molar-refractivity contribution in [2.24, 2.45) is 5.73 Å². The second-order valence-electron chi connectivity index (χ2n) is 7.45. The fourth-order valence-corrected chi connectivity index (χ4v) is 3.43. The van der Waals surface area contributed by atoms with Crippen LogP contribution in [0, 0.1) is 0 Å². The van der Waals surface area contributed by atoms with Crippen LogP contribution in [0.15, 0.2) is 54.6 Å². The topological polar surface area (TPSA) is 84.7 Å². The van der Waals surface area contributed by atoms with E-state index in [4.69, 9.17) is 10.5 Å². The highest BCUT2D eigenvalue weighted by Gasteiger charge is 2.25. The second kappa shape index (κ2) is 11.6. The molecule has 0 saturated carbocycles. The molecule has 0 bridgehead atoms. The van der Waals surface area contributed by atoms with E-state index in [0.717, 1.165) is 25.0 Å². The van der Waals surface area contributed by atoms with Gasteiger partial charge in [-0.25, -0.2) is 0 Å². The molecule has 1 heterocycles. The molecule has 2 aromatic rings. The molecule has 1 aliphatic heterocycles. The molecule has 0 unspecified atom stereocenters. The number of nitrogens with one attached hydrogen (secondary N) is 1. The average molecular weight is 432 g/mol. The Morgan fingerprint density at radius 2 is 1.73 bits per heavy atom. The Morgan fingerprint density at radius 3 is 2.33 bits per heavy atom. The number of halogens is 1. The van der Waals surface area contributed by atoms with Gasteiger partial charge in [-0.15, -0.1) is 12.4 Å².